The van der Waals surface area contributed by atoms with Crippen LogP contribution in [0.15, 0.2) is 18.3 Å². The minimum absolute atomic E-state index is 0.650. The number of H-pyrrole nitrogens is 1. The van der Waals surface area contributed by atoms with E-state index in [2.05, 4.69) is 44.6 Å². The van der Waals surface area contributed by atoms with Crippen LogP contribution in [0, 0.1) is 0 Å². The zero-order chi connectivity index (χ0) is 15.3. The molecule has 1 aromatic heterocycles. The molecule has 3 nitrogen and oxygen atoms in total. The second-order valence-electron chi connectivity index (χ2n) is 7.14. The average molecular weight is 315 g/mol. The second kappa shape index (κ2) is 5.14. The van der Waals surface area contributed by atoms with Crippen molar-refractivity contribution < 1.29 is 0 Å². The van der Waals surface area contributed by atoms with E-state index >= 15 is 0 Å². The molecule has 0 atom stereocenters. The Balaban J connectivity index is 1.65. The first-order chi connectivity index (χ1) is 10.5. The first-order valence-corrected chi connectivity index (χ1v) is 10.5. The third-order valence-electron chi connectivity index (χ3n) is 5.18. The van der Waals surface area contributed by atoms with Crippen LogP contribution in [-0.2, 0) is 0 Å². The summed E-state index contributed by atoms with van der Waals surface area (Å²) in [5.74, 6) is 9.97. The van der Waals surface area contributed by atoms with Crippen molar-refractivity contribution in [3.8, 4) is 0 Å². The molecule has 1 aliphatic carbocycles. The number of hydrogen-bond acceptors (Lipinski definition) is 2. The predicted molar refractivity (Wildman–Crippen MR) is 99.4 cm³/mol. The van der Waals surface area contributed by atoms with E-state index in [4.69, 9.17) is 0 Å². The predicted octanol–water partition coefficient (Wildman–Crippen LogP) is 3.83. The van der Waals surface area contributed by atoms with Gasteiger partial charge in [0.25, 0.3) is 0 Å². The summed E-state index contributed by atoms with van der Waals surface area (Å²) in [5, 5.41) is 8.78. The summed E-state index contributed by atoms with van der Waals surface area (Å²) in [4.78, 5) is 0. The largest absolute Gasteiger partial charge is 0.278 e. The molecule has 4 heteroatoms. The smallest absolute Gasteiger partial charge is 0.0656 e. The summed E-state index contributed by atoms with van der Waals surface area (Å²) in [5.41, 5.74) is 4.24. The van der Waals surface area contributed by atoms with E-state index in [0.717, 1.165) is 19.0 Å². The van der Waals surface area contributed by atoms with Gasteiger partial charge < -0.3 is 0 Å². The molecule has 0 unspecified atom stereocenters. The zero-order valence-electron chi connectivity index (χ0n) is 13.3. The highest BCUT2D eigenvalue weighted by Crippen LogP contribution is 2.44. The van der Waals surface area contributed by atoms with Crippen LogP contribution < -0.4 is 0 Å². The van der Waals surface area contributed by atoms with E-state index in [1.165, 1.54) is 47.7 Å². The van der Waals surface area contributed by atoms with E-state index in [0.29, 0.717) is 5.92 Å². The first-order valence-electron chi connectivity index (χ1n) is 8.19. The number of rotatable bonds is 3. The van der Waals surface area contributed by atoms with Crippen LogP contribution in [0.1, 0.15) is 48.6 Å². The molecule has 1 aromatic carbocycles. The molecule has 2 aromatic rings. The van der Waals surface area contributed by atoms with Crippen molar-refractivity contribution in [1.82, 2.24) is 14.5 Å². The van der Waals surface area contributed by atoms with E-state index in [9.17, 15) is 0 Å². The maximum atomic E-state index is 4.28. The van der Waals surface area contributed by atoms with Crippen LogP contribution in [0.5, 0.6) is 0 Å². The fourth-order valence-corrected chi connectivity index (χ4v) is 4.79. The molecule has 1 saturated carbocycles. The Morgan fingerprint density at radius 2 is 1.86 bits per heavy atom. The fourth-order valence-electron chi connectivity index (χ4n) is 3.70. The standard InChI is InChI=1S/C18H25N3S/c1-22(2,3)21-8-6-14(7-9-21)16-10-15(13-4-5-13)11-18-17(16)12-19-20-18/h10-14H,1-2,4-9H2,3H3,(H,19,20). The average Bonchev–Trinajstić information content (AvgIpc) is 3.23. The highest BCUT2D eigenvalue weighted by molar-refractivity contribution is 8.25. The number of benzene rings is 1. The Morgan fingerprint density at radius 3 is 2.50 bits per heavy atom. The van der Waals surface area contributed by atoms with Crippen molar-refractivity contribution in [2.24, 2.45) is 0 Å². The molecule has 1 saturated heterocycles. The van der Waals surface area contributed by atoms with Crippen LogP contribution in [0.2, 0.25) is 0 Å². The van der Waals surface area contributed by atoms with Crippen molar-refractivity contribution in [3.63, 3.8) is 0 Å². The lowest BCUT2D eigenvalue weighted by atomic mass is 9.86. The Morgan fingerprint density at radius 1 is 1.14 bits per heavy atom. The molecule has 0 spiro atoms. The number of nitrogens with one attached hydrogen (secondary N) is 1. The summed E-state index contributed by atoms with van der Waals surface area (Å²) in [6, 6.07) is 4.78. The van der Waals surface area contributed by atoms with Crippen LogP contribution in [-0.4, -0.2) is 45.6 Å². The van der Waals surface area contributed by atoms with Crippen molar-refractivity contribution in [1.29, 1.82) is 0 Å². The third-order valence-corrected chi connectivity index (χ3v) is 6.79. The topological polar surface area (TPSA) is 31.9 Å². The maximum absolute atomic E-state index is 4.28. The van der Waals surface area contributed by atoms with Gasteiger partial charge in [-0.15, -0.1) is 0 Å². The summed E-state index contributed by atoms with van der Waals surface area (Å²) in [7, 11) is -1.06. The molecular weight excluding hydrogens is 290 g/mol. The van der Waals surface area contributed by atoms with Crippen molar-refractivity contribution >= 4 is 32.0 Å². The normalized spacial score (nSPS) is 21.5. The minimum atomic E-state index is -1.06. The molecule has 0 amide bonds. The molecular formula is C18H25N3S. The molecule has 4 rings (SSSR count). The highest BCUT2D eigenvalue weighted by atomic mass is 32.2. The second-order valence-corrected chi connectivity index (χ2v) is 10.1. The molecule has 118 valence electrons. The molecule has 0 radical (unpaired) electrons. The Bertz CT molecular complexity index is 791. The Labute approximate surface area is 133 Å². The van der Waals surface area contributed by atoms with Crippen LogP contribution in [0.4, 0.5) is 0 Å². The van der Waals surface area contributed by atoms with Crippen molar-refractivity contribution in [2.75, 3.05) is 19.3 Å². The van der Waals surface area contributed by atoms with Gasteiger partial charge in [0.15, 0.2) is 0 Å². The van der Waals surface area contributed by atoms with Gasteiger partial charge in [0.05, 0.1) is 11.7 Å². The first kappa shape index (κ1) is 14.3. The number of hydrogen-bond donors (Lipinski definition) is 1. The lowest BCUT2D eigenvalue weighted by Crippen LogP contribution is -2.30. The fraction of sp³-hybridized carbons (Fsp3) is 0.500. The lowest BCUT2D eigenvalue weighted by molar-refractivity contribution is 0.346. The van der Waals surface area contributed by atoms with Gasteiger partial charge in [-0.2, -0.15) is 14.5 Å². The van der Waals surface area contributed by atoms with Gasteiger partial charge in [-0.3, -0.25) is 9.40 Å². The Hall–Kier alpha value is -1.26. The van der Waals surface area contributed by atoms with E-state index < -0.39 is 9.39 Å². The number of fused-ring (bicyclic) bond motifs is 1. The molecule has 22 heavy (non-hydrogen) atoms. The maximum Gasteiger partial charge on any atom is 0.0656 e. The van der Waals surface area contributed by atoms with Crippen LogP contribution in [0.25, 0.3) is 10.9 Å². The van der Waals surface area contributed by atoms with Crippen molar-refractivity contribution in [2.45, 2.75) is 37.5 Å². The van der Waals surface area contributed by atoms with E-state index in [-0.39, 0.29) is 0 Å². The van der Waals surface area contributed by atoms with Crippen molar-refractivity contribution in [3.05, 3.63) is 29.5 Å². The molecule has 1 aliphatic heterocycles. The van der Waals surface area contributed by atoms with Crippen LogP contribution in [0.3, 0.4) is 0 Å². The summed E-state index contributed by atoms with van der Waals surface area (Å²) in [6.45, 7) is 2.24. The highest BCUT2D eigenvalue weighted by Gasteiger charge is 2.28. The molecule has 1 N–H and O–H groups in total. The lowest BCUT2D eigenvalue weighted by Gasteiger charge is -2.36. The number of aromatic nitrogens is 2. The van der Waals surface area contributed by atoms with Gasteiger partial charge in [-0.25, -0.2) is 0 Å². The van der Waals surface area contributed by atoms with Gasteiger partial charge in [0.1, 0.15) is 0 Å². The van der Waals surface area contributed by atoms with Gasteiger partial charge in [-0.05, 0) is 61.0 Å². The quantitative estimate of drug-likeness (QED) is 0.873. The summed E-state index contributed by atoms with van der Waals surface area (Å²) in [6.07, 6.45) is 9.32. The van der Waals surface area contributed by atoms with Gasteiger partial charge in [0.2, 0.25) is 0 Å². The van der Waals surface area contributed by atoms with Crippen LogP contribution >= 0.6 is 9.39 Å². The van der Waals surface area contributed by atoms with Gasteiger partial charge in [0, 0.05) is 18.5 Å². The molecule has 2 fully saturated rings. The molecule has 2 heterocycles. The molecule has 2 aliphatic rings. The van der Waals surface area contributed by atoms with Gasteiger partial charge >= 0.3 is 0 Å². The summed E-state index contributed by atoms with van der Waals surface area (Å²) >= 11 is 0. The van der Waals surface area contributed by atoms with Gasteiger partial charge in [-0.1, -0.05) is 17.8 Å². The minimum Gasteiger partial charge on any atom is -0.278 e. The third kappa shape index (κ3) is 2.59. The monoisotopic (exact) mass is 315 g/mol. The van der Waals surface area contributed by atoms with E-state index in [1.807, 2.05) is 6.20 Å². The van der Waals surface area contributed by atoms with E-state index in [1.54, 1.807) is 0 Å². The number of aromatic amines is 1. The summed E-state index contributed by atoms with van der Waals surface area (Å²) < 4.78 is 2.49. The SMILES string of the molecule is C=S(=C)(C)N1CCC(c2cc(C3CC3)cc3[nH]ncc23)CC1. The number of piperidine rings is 1. The molecule has 0 bridgehead atoms. The zero-order valence-corrected chi connectivity index (χ0v) is 14.2. The number of nitrogens with zero attached hydrogens (tertiary/aromatic N) is 2. The Kier molecular flexibility index (Phi) is 3.35.